The highest BCUT2D eigenvalue weighted by Crippen LogP contribution is 2.31. The van der Waals surface area contributed by atoms with Crippen molar-refractivity contribution in [3.63, 3.8) is 0 Å². The van der Waals surface area contributed by atoms with Gasteiger partial charge in [0.1, 0.15) is 0 Å². The zero-order chi connectivity index (χ0) is 15.2. The fourth-order valence-corrected chi connectivity index (χ4v) is 5.02. The summed E-state index contributed by atoms with van der Waals surface area (Å²) in [5.74, 6) is 0. The molecule has 3 rings (SSSR count). The van der Waals surface area contributed by atoms with E-state index in [0.29, 0.717) is 0 Å². The molecule has 0 aliphatic heterocycles. The van der Waals surface area contributed by atoms with Crippen LogP contribution in [0.2, 0.25) is 0 Å². The first kappa shape index (κ1) is 14.7. The molecule has 21 heavy (non-hydrogen) atoms. The van der Waals surface area contributed by atoms with E-state index in [0.717, 1.165) is 30.5 Å². The van der Waals surface area contributed by atoms with Gasteiger partial charge in [-0.05, 0) is 35.2 Å². The number of hydrogen-bond acceptors (Lipinski definition) is 5. The molecule has 1 aliphatic carbocycles. The van der Waals surface area contributed by atoms with Crippen LogP contribution in [0.5, 0.6) is 0 Å². The van der Waals surface area contributed by atoms with E-state index in [2.05, 4.69) is 36.1 Å². The predicted molar refractivity (Wildman–Crippen MR) is 77.9 cm³/mol. The minimum atomic E-state index is -3.71. The van der Waals surface area contributed by atoms with Crippen LogP contribution in [-0.2, 0) is 30.5 Å². The number of nitrogens with one attached hydrogen (secondary N) is 1. The maximum Gasteiger partial charge on any atom is 0.261 e. The fourth-order valence-electron chi connectivity index (χ4n) is 2.68. The molecular weight excluding hydrogens is 360 g/mol. The Bertz CT molecular complexity index is 761. The minimum absolute atomic E-state index is 0.0264. The second-order valence-electron chi connectivity index (χ2n) is 5.05. The Morgan fingerprint density at radius 2 is 2.14 bits per heavy atom. The number of nitrogens with zero attached hydrogens (tertiary/aromatic N) is 5. The van der Waals surface area contributed by atoms with E-state index in [9.17, 15) is 8.42 Å². The van der Waals surface area contributed by atoms with Crippen molar-refractivity contribution in [1.29, 1.82) is 0 Å². The molecule has 1 atom stereocenters. The second kappa shape index (κ2) is 5.18. The van der Waals surface area contributed by atoms with Gasteiger partial charge >= 0.3 is 0 Å². The fraction of sp³-hybridized carbons (Fsp3) is 0.545. The number of rotatable bonds is 3. The summed E-state index contributed by atoms with van der Waals surface area (Å²) in [5, 5.41) is 11.7. The average Bonchev–Trinajstić information content (AvgIpc) is 2.94. The van der Waals surface area contributed by atoms with E-state index in [-0.39, 0.29) is 15.7 Å². The molecule has 0 saturated carbocycles. The molecule has 0 saturated heterocycles. The van der Waals surface area contributed by atoms with Gasteiger partial charge in [-0.25, -0.2) is 17.8 Å². The van der Waals surface area contributed by atoms with Gasteiger partial charge in [0.2, 0.25) is 5.03 Å². The van der Waals surface area contributed by atoms with Crippen LogP contribution < -0.4 is 4.72 Å². The Kier molecular flexibility index (Phi) is 3.62. The third kappa shape index (κ3) is 2.51. The van der Waals surface area contributed by atoms with Crippen molar-refractivity contribution in [2.24, 2.45) is 14.1 Å². The summed E-state index contributed by atoms with van der Waals surface area (Å²) in [7, 11) is -0.291. The highest BCUT2D eigenvalue weighted by molar-refractivity contribution is 9.10. The summed E-state index contributed by atoms with van der Waals surface area (Å²) in [6.07, 6.45) is 4.32. The van der Waals surface area contributed by atoms with Gasteiger partial charge in [-0.15, -0.1) is 5.10 Å². The van der Waals surface area contributed by atoms with E-state index in [4.69, 9.17) is 0 Å². The standard InChI is InChI=1S/C11H15BrN6O2S/c1-17-9-5-3-4-8(7(9)6-13-17)15-21(19,20)11-10(12)14-16-18(11)2/h6,8,15H,3-5H2,1-2H3. The summed E-state index contributed by atoms with van der Waals surface area (Å²) in [6.45, 7) is 0. The maximum absolute atomic E-state index is 12.6. The quantitative estimate of drug-likeness (QED) is 0.851. The Balaban J connectivity index is 1.94. The lowest BCUT2D eigenvalue weighted by Gasteiger charge is -2.23. The second-order valence-corrected chi connectivity index (χ2v) is 7.43. The summed E-state index contributed by atoms with van der Waals surface area (Å²) < 4.78 is 31.1. The number of hydrogen-bond donors (Lipinski definition) is 1. The molecule has 0 aromatic carbocycles. The van der Waals surface area contributed by atoms with Gasteiger partial charge in [-0.2, -0.15) is 5.10 Å². The third-order valence-corrected chi connectivity index (χ3v) is 6.02. The van der Waals surface area contributed by atoms with Crippen molar-refractivity contribution in [2.45, 2.75) is 30.3 Å². The molecule has 2 heterocycles. The van der Waals surface area contributed by atoms with Crippen LogP contribution in [0.4, 0.5) is 0 Å². The van der Waals surface area contributed by atoms with Gasteiger partial charge in [0.15, 0.2) is 4.60 Å². The molecule has 2 aromatic rings. The minimum Gasteiger partial charge on any atom is -0.272 e. The average molecular weight is 375 g/mol. The summed E-state index contributed by atoms with van der Waals surface area (Å²) in [5.41, 5.74) is 2.02. The van der Waals surface area contributed by atoms with Crippen LogP contribution in [0, 0.1) is 0 Å². The Labute approximate surface area is 130 Å². The van der Waals surface area contributed by atoms with Crippen molar-refractivity contribution >= 4 is 26.0 Å². The van der Waals surface area contributed by atoms with Crippen LogP contribution in [0.3, 0.4) is 0 Å². The Morgan fingerprint density at radius 3 is 2.81 bits per heavy atom. The molecular formula is C11H15BrN6O2S. The van der Waals surface area contributed by atoms with Crippen molar-refractivity contribution in [2.75, 3.05) is 0 Å². The molecule has 1 aliphatic rings. The van der Waals surface area contributed by atoms with E-state index in [1.165, 1.54) is 4.68 Å². The van der Waals surface area contributed by atoms with Crippen LogP contribution in [0.25, 0.3) is 0 Å². The summed E-state index contributed by atoms with van der Waals surface area (Å²) in [4.78, 5) is 0. The molecule has 0 amide bonds. The molecule has 10 heteroatoms. The van der Waals surface area contributed by atoms with Gasteiger partial charge in [0, 0.05) is 25.4 Å². The number of sulfonamides is 1. The summed E-state index contributed by atoms with van der Waals surface area (Å²) in [6, 6.07) is -0.269. The van der Waals surface area contributed by atoms with Crippen molar-refractivity contribution < 1.29 is 8.42 Å². The molecule has 0 spiro atoms. The lowest BCUT2D eigenvalue weighted by atomic mass is 9.94. The molecule has 0 bridgehead atoms. The monoisotopic (exact) mass is 374 g/mol. The Hall–Kier alpha value is -1.26. The smallest absolute Gasteiger partial charge is 0.261 e. The molecule has 1 unspecified atom stereocenters. The van der Waals surface area contributed by atoms with Gasteiger partial charge in [-0.3, -0.25) is 4.68 Å². The van der Waals surface area contributed by atoms with Crippen LogP contribution >= 0.6 is 15.9 Å². The van der Waals surface area contributed by atoms with Crippen LogP contribution in [-0.4, -0.2) is 33.2 Å². The number of aryl methyl sites for hydroxylation is 2. The third-order valence-electron chi connectivity index (χ3n) is 3.66. The predicted octanol–water partition coefficient (Wildman–Crippen LogP) is 0.667. The largest absolute Gasteiger partial charge is 0.272 e. The first-order valence-electron chi connectivity index (χ1n) is 6.48. The lowest BCUT2D eigenvalue weighted by molar-refractivity contribution is 0.492. The SMILES string of the molecule is Cn1ncc2c1CCCC2NS(=O)(=O)c1c(Br)nnn1C. The zero-order valence-corrected chi connectivity index (χ0v) is 14.0. The normalized spacial score (nSPS) is 18.7. The van der Waals surface area contributed by atoms with Crippen molar-refractivity contribution in [3.8, 4) is 0 Å². The van der Waals surface area contributed by atoms with Gasteiger partial charge in [-0.1, -0.05) is 5.21 Å². The van der Waals surface area contributed by atoms with E-state index < -0.39 is 10.0 Å². The van der Waals surface area contributed by atoms with Gasteiger partial charge < -0.3 is 0 Å². The van der Waals surface area contributed by atoms with Crippen LogP contribution in [0.1, 0.15) is 30.1 Å². The summed E-state index contributed by atoms with van der Waals surface area (Å²) >= 11 is 3.12. The van der Waals surface area contributed by atoms with E-state index in [1.54, 1.807) is 17.9 Å². The number of halogens is 1. The van der Waals surface area contributed by atoms with Gasteiger partial charge in [0.05, 0.1) is 12.2 Å². The first-order chi connectivity index (χ1) is 9.90. The molecule has 8 nitrogen and oxygen atoms in total. The van der Waals surface area contributed by atoms with E-state index >= 15 is 0 Å². The van der Waals surface area contributed by atoms with Crippen molar-refractivity contribution in [1.82, 2.24) is 29.5 Å². The Morgan fingerprint density at radius 1 is 1.38 bits per heavy atom. The number of fused-ring (bicyclic) bond motifs is 1. The van der Waals surface area contributed by atoms with E-state index in [1.807, 2.05) is 7.05 Å². The molecule has 0 fully saturated rings. The highest BCUT2D eigenvalue weighted by Gasteiger charge is 2.31. The van der Waals surface area contributed by atoms with Gasteiger partial charge in [0.25, 0.3) is 10.0 Å². The van der Waals surface area contributed by atoms with Crippen LogP contribution in [0.15, 0.2) is 15.8 Å². The zero-order valence-electron chi connectivity index (χ0n) is 11.6. The molecule has 1 N–H and O–H groups in total. The topological polar surface area (TPSA) is 94.7 Å². The molecule has 0 radical (unpaired) electrons. The molecule has 2 aromatic heterocycles. The maximum atomic E-state index is 12.6. The number of aromatic nitrogens is 5. The molecule has 114 valence electrons. The first-order valence-corrected chi connectivity index (χ1v) is 8.76. The van der Waals surface area contributed by atoms with Crippen molar-refractivity contribution in [3.05, 3.63) is 22.1 Å². The highest BCUT2D eigenvalue weighted by atomic mass is 79.9. The lowest BCUT2D eigenvalue weighted by Crippen LogP contribution is -2.32.